The van der Waals surface area contributed by atoms with E-state index in [9.17, 15) is 0 Å². The second-order valence-electron chi connectivity index (χ2n) is 8.18. The number of hydrogen-bond acceptors (Lipinski definition) is 1. The van der Waals surface area contributed by atoms with Gasteiger partial charge < -0.3 is 5.32 Å². The molecule has 1 heteroatoms. The summed E-state index contributed by atoms with van der Waals surface area (Å²) in [6.45, 7) is 19.9. The van der Waals surface area contributed by atoms with Crippen molar-refractivity contribution in [3.05, 3.63) is 12.2 Å². The summed E-state index contributed by atoms with van der Waals surface area (Å²) in [6, 6.07) is 0.549. The van der Waals surface area contributed by atoms with Gasteiger partial charge in [0.15, 0.2) is 0 Å². The van der Waals surface area contributed by atoms with Gasteiger partial charge in [-0.15, -0.1) is 0 Å². The Bertz CT molecular complexity index is 286. The molecule has 0 aromatic carbocycles. The molecule has 0 radical (unpaired) electrons. The van der Waals surface area contributed by atoms with E-state index in [1.807, 2.05) is 0 Å². The van der Waals surface area contributed by atoms with Crippen LogP contribution >= 0.6 is 0 Å². The van der Waals surface area contributed by atoms with E-state index in [1.165, 1.54) is 0 Å². The molecular formula is C16H31N. The maximum atomic E-state index is 3.74. The Morgan fingerprint density at radius 1 is 0.941 bits per heavy atom. The molecule has 1 aliphatic rings. The Morgan fingerprint density at radius 3 is 1.88 bits per heavy atom. The van der Waals surface area contributed by atoms with Crippen LogP contribution < -0.4 is 5.32 Å². The van der Waals surface area contributed by atoms with Gasteiger partial charge in [-0.1, -0.05) is 67.5 Å². The van der Waals surface area contributed by atoms with Crippen molar-refractivity contribution in [2.24, 2.45) is 22.2 Å². The molecule has 1 heterocycles. The first kappa shape index (κ1) is 14.8. The molecule has 100 valence electrons. The van der Waals surface area contributed by atoms with Crippen LogP contribution in [0.5, 0.6) is 0 Å². The second kappa shape index (κ2) is 4.42. The van der Waals surface area contributed by atoms with Crippen molar-refractivity contribution in [2.75, 3.05) is 6.54 Å². The number of nitrogens with one attached hydrogen (secondary N) is 1. The van der Waals surface area contributed by atoms with Crippen LogP contribution in [0.4, 0.5) is 0 Å². The molecule has 1 nitrogen and oxygen atoms in total. The van der Waals surface area contributed by atoms with Crippen molar-refractivity contribution >= 4 is 0 Å². The molecule has 0 aliphatic carbocycles. The standard InChI is InChI=1S/C16H31N/c1-14(2,3)12-10-9-11-17-13(12)16(7,8)15(4,5)6/h9-10,12-13,17H,11H2,1-8H3. The molecule has 0 spiro atoms. The molecule has 1 rings (SSSR count). The van der Waals surface area contributed by atoms with Gasteiger partial charge in [0.1, 0.15) is 0 Å². The van der Waals surface area contributed by atoms with Crippen LogP contribution in [0.2, 0.25) is 0 Å². The largest absolute Gasteiger partial charge is 0.309 e. The summed E-state index contributed by atoms with van der Waals surface area (Å²) in [5.41, 5.74) is 0.895. The minimum absolute atomic E-state index is 0.274. The van der Waals surface area contributed by atoms with Gasteiger partial charge in [0.25, 0.3) is 0 Å². The predicted molar refractivity (Wildman–Crippen MR) is 77.1 cm³/mol. The van der Waals surface area contributed by atoms with Crippen molar-refractivity contribution < 1.29 is 0 Å². The van der Waals surface area contributed by atoms with Crippen molar-refractivity contribution in [3.63, 3.8) is 0 Å². The highest BCUT2D eigenvalue weighted by Crippen LogP contribution is 2.47. The van der Waals surface area contributed by atoms with Gasteiger partial charge in [0, 0.05) is 12.6 Å². The van der Waals surface area contributed by atoms with E-state index in [-0.39, 0.29) is 5.41 Å². The van der Waals surface area contributed by atoms with Gasteiger partial charge in [0.2, 0.25) is 0 Å². The highest BCUT2D eigenvalue weighted by Gasteiger charge is 2.46. The molecule has 1 N–H and O–H groups in total. The molecule has 0 saturated carbocycles. The summed E-state index contributed by atoms with van der Waals surface area (Å²) in [5.74, 6) is 0.602. The molecule has 0 amide bonds. The van der Waals surface area contributed by atoms with Crippen LogP contribution in [0.25, 0.3) is 0 Å². The normalized spacial score (nSPS) is 27.3. The first-order chi connectivity index (χ1) is 7.48. The second-order valence-corrected chi connectivity index (χ2v) is 8.18. The summed E-state index contributed by atoms with van der Waals surface area (Å²) in [4.78, 5) is 0. The average Bonchev–Trinajstić information content (AvgIpc) is 2.14. The molecule has 0 saturated heterocycles. The van der Waals surface area contributed by atoms with Crippen LogP contribution in [0.15, 0.2) is 12.2 Å². The highest BCUT2D eigenvalue weighted by atomic mass is 15.0. The molecule has 17 heavy (non-hydrogen) atoms. The van der Waals surface area contributed by atoms with Gasteiger partial charge >= 0.3 is 0 Å². The van der Waals surface area contributed by atoms with E-state index in [0.29, 0.717) is 22.8 Å². The Morgan fingerprint density at radius 2 is 1.47 bits per heavy atom. The first-order valence-electron chi connectivity index (χ1n) is 6.88. The lowest BCUT2D eigenvalue weighted by molar-refractivity contribution is 0.0287. The smallest absolute Gasteiger partial charge is 0.0194 e. The molecule has 0 bridgehead atoms. The highest BCUT2D eigenvalue weighted by molar-refractivity contribution is 5.10. The number of hydrogen-bond donors (Lipinski definition) is 1. The van der Waals surface area contributed by atoms with E-state index in [4.69, 9.17) is 0 Å². The van der Waals surface area contributed by atoms with E-state index in [0.717, 1.165) is 6.54 Å². The Hall–Kier alpha value is -0.300. The lowest BCUT2D eigenvalue weighted by Crippen LogP contribution is -2.56. The van der Waals surface area contributed by atoms with E-state index >= 15 is 0 Å². The van der Waals surface area contributed by atoms with E-state index in [2.05, 4.69) is 72.9 Å². The van der Waals surface area contributed by atoms with Crippen LogP contribution in [0.1, 0.15) is 55.4 Å². The molecule has 2 unspecified atom stereocenters. The molecule has 2 atom stereocenters. The first-order valence-corrected chi connectivity index (χ1v) is 6.88. The fraction of sp³-hybridized carbons (Fsp3) is 0.875. The molecule has 0 aromatic rings. The summed E-state index contributed by atoms with van der Waals surface area (Å²) in [5, 5.41) is 3.74. The summed E-state index contributed by atoms with van der Waals surface area (Å²) in [7, 11) is 0. The van der Waals surface area contributed by atoms with Crippen LogP contribution in [-0.2, 0) is 0 Å². The van der Waals surface area contributed by atoms with Gasteiger partial charge in [0.05, 0.1) is 0 Å². The van der Waals surface area contributed by atoms with Crippen LogP contribution in [0, 0.1) is 22.2 Å². The Labute approximate surface area is 108 Å². The molecule has 0 aromatic heterocycles. The minimum atomic E-state index is 0.274. The third-order valence-electron chi connectivity index (χ3n) is 4.87. The minimum Gasteiger partial charge on any atom is -0.309 e. The lowest BCUT2D eigenvalue weighted by atomic mass is 9.58. The van der Waals surface area contributed by atoms with Crippen LogP contribution in [-0.4, -0.2) is 12.6 Å². The zero-order valence-corrected chi connectivity index (χ0v) is 13.0. The van der Waals surface area contributed by atoms with Crippen molar-refractivity contribution in [3.8, 4) is 0 Å². The molecule has 1 aliphatic heterocycles. The lowest BCUT2D eigenvalue weighted by Gasteiger charge is -2.52. The zero-order valence-electron chi connectivity index (χ0n) is 13.0. The van der Waals surface area contributed by atoms with Gasteiger partial charge in [-0.05, 0) is 22.2 Å². The summed E-state index contributed by atoms with van der Waals surface area (Å²) < 4.78 is 0. The third kappa shape index (κ3) is 2.93. The maximum absolute atomic E-state index is 3.74. The SMILES string of the molecule is CC(C)(C)C1C=CCNC1C(C)(C)C(C)(C)C. The summed E-state index contributed by atoms with van der Waals surface area (Å²) >= 11 is 0. The monoisotopic (exact) mass is 237 g/mol. The van der Waals surface area contributed by atoms with Gasteiger partial charge in [-0.25, -0.2) is 0 Å². The van der Waals surface area contributed by atoms with Gasteiger partial charge in [-0.2, -0.15) is 0 Å². The molecular weight excluding hydrogens is 206 g/mol. The third-order valence-corrected chi connectivity index (χ3v) is 4.87. The van der Waals surface area contributed by atoms with Gasteiger partial charge in [-0.3, -0.25) is 0 Å². The quantitative estimate of drug-likeness (QED) is 0.672. The Balaban J connectivity index is 3.07. The summed E-state index contributed by atoms with van der Waals surface area (Å²) in [6.07, 6.45) is 4.71. The predicted octanol–water partition coefficient (Wildman–Crippen LogP) is 4.25. The maximum Gasteiger partial charge on any atom is 0.0194 e. The zero-order chi connectivity index (χ0) is 13.5. The van der Waals surface area contributed by atoms with E-state index < -0.39 is 0 Å². The fourth-order valence-electron chi connectivity index (χ4n) is 2.61. The van der Waals surface area contributed by atoms with Crippen molar-refractivity contribution in [2.45, 2.75) is 61.4 Å². The topological polar surface area (TPSA) is 12.0 Å². The van der Waals surface area contributed by atoms with Crippen molar-refractivity contribution in [1.29, 1.82) is 0 Å². The van der Waals surface area contributed by atoms with Crippen LogP contribution in [0.3, 0.4) is 0 Å². The fourth-order valence-corrected chi connectivity index (χ4v) is 2.61. The molecule has 0 fully saturated rings. The van der Waals surface area contributed by atoms with Crippen molar-refractivity contribution in [1.82, 2.24) is 5.32 Å². The Kier molecular flexibility index (Phi) is 3.84. The van der Waals surface area contributed by atoms with E-state index in [1.54, 1.807) is 0 Å². The number of rotatable bonds is 1. The average molecular weight is 237 g/mol.